The van der Waals surface area contributed by atoms with E-state index in [2.05, 4.69) is 96.7 Å². The van der Waals surface area contributed by atoms with Gasteiger partial charge in [0.15, 0.2) is 5.96 Å². The van der Waals surface area contributed by atoms with Gasteiger partial charge in [-0.1, -0.05) is 152 Å². The van der Waals surface area contributed by atoms with Crippen LogP contribution in [0.1, 0.15) is 39.9 Å². The van der Waals surface area contributed by atoms with Gasteiger partial charge < -0.3 is 14.9 Å². The molecule has 3 atom stereocenters. The van der Waals surface area contributed by atoms with Crippen molar-refractivity contribution in [1.82, 2.24) is 9.80 Å². The van der Waals surface area contributed by atoms with Crippen molar-refractivity contribution in [2.45, 2.75) is 30.1 Å². The molecule has 0 aliphatic carbocycles. The quantitative estimate of drug-likeness (QED) is 0.221. The number of rotatable bonds is 8. The van der Waals surface area contributed by atoms with Gasteiger partial charge in [0.2, 0.25) is 0 Å². The van der Waals surface area contributed by atoms with Crippen molar-refractivity contribution in [2.75, 3.05) is 14.1 Å². The molecule has 210 valence electrons. The highest BCUT2D eigenvalue weighted by Crippen LogP contribution is 2.44. The van der Waals surface area contributed by atoms with E-state index in [1.54, 1.807) is 0 Å². The molecule has 0 radical (unpaired) electrons. The zero-order valence-corrected chi connectivity index (χ0v) is 24.2. The number of likely N-dealkylation sites (N-methyl/N-ethyl adjacent to an activating group) is 2. The average molecular weight is 552 g/mol. The van der Waals surface area contributed by atoms with Gasteiger partial charge in [-0.25, -0.2) is 4.99 Å². The topological polar surface area (TPSA) is 39.1 Å². The van der Waals surface area contributed by atoms with E-state index >= 15 is 0 Å². The lowest BCUT2D eigenvalue weighted by Gasteiger charge is -2.36. The summed E-state index contributed by atoms with van der Waals surface area (Å²) in [4.78, 5) is 10.1. The smallest absolute Gasteiger partial charge is 0.197 e. The van der Waals surface area contributed by atoms with E-state index in [1.807, 2.05) is 78.9 Å². The van der Waals surface area contributed by atoms with Crippen LogP contribution in [0.2, 0.25) is 0 Å². The molecule has 4 nitrogen and oxygen atoms in total. The molecule has 0 aromatic heterocycles. The number of aliphatic imine (C=N–C) groups is 1. The van der Waals surface area contributed by atoms with Crippen LogP contribution in [0.5, 0.6) is 0 Å². The van der Waals surface area contributed by atoms with Gasteiger partial charge in [-0.3, -0.25) is 0 Å². The normalized spacial score (nSPS) is 17.7. The summed E-state index contributed by atoms with van der Waals surface area (Å²) in [7, 11) is 4.25. The van der Waals surface area contributed by atoms with Crippen LogP contribution in [-0.4, -0.2) is 41.0 Å². The first-order valence-electron chi connectivity index (χ1n) is 14.6. The number of nitrogens with zero attached hydrogens (tertiary/aromatic N) is 3. The molecule has 5 aromatic rings. The van der Waals surface area contributed by atoms with Crippen LogP contribution >= 0.6 is 0 Å². The van der Waals surface area contributed by atoms with Crippen molar-refractivity contribution >= 4 is 5.96 Å². The summed E-state index contributed by atoms with van der Waals surface area (Å²) in [5.74, 6) is 0.851. The van der Waals surface area contributed by atoms with Gasteiger partial charge in [0.05, 0.1) is 18.1 Å². The zero-order chi connectivity index (χ0) is 28.9. The fourth-order valence-electron chi connectivity index (χ4n) is 6.42. The number of guanidine groups is 1. The minimum Gasteiger partial charge on any atom is -0.378 e. The highest BCUT2D eigenvalue weighted by Gasteiger charge is 2.45. The van der Waals surface area contributed by atoms with E-state index in [0.717, 1.165) is 22.6 Å². The molecule has 4 heteroatoms. The Morgan fingerprint density at radius 2 is 0.929 bits per heavy atom. The maximum Gasteiger partial charge on any atom is 0.197 e. The molecule has 1 fully saturated rings. The predicted octanol–water partition coefficient (Wildman–Crippen LogP) is 7.25. The standard InChI is InChI=1S/C38H37N3O/c1-40-35(30-20-10-4-11-21-30)36(31-22-12-5-13-23-31)41(2)37(40)39-34(28-29-18-8-3-9-19-29)38(42,32-24-14-6-15-25-32)33-26-16-7-17-27-33/h3-27,34-36,42H,28H2,1-2H3/t34-,35+,36+/m1/s1. The van der Waals surface area contributed by atoms with Gasteiger partial charge in [0.25, 0.3) is 0 Å². The van der Waals surface area contributed by atoms with Gasteiger partial charge in [-0.05, 0) is 34.2 Å². The molecule has 0 spiro atoms. The first-order valence-corrected chi connectivity index (χ1v) is 14.6. The van der Waals surface area contributed by atoms with Crippen LogP contribution in [0, 0.1) is 0 Å². The van der Waals surface area contributed by atoms with E-state index in [9.17, 15) is 5.11 Å². The maximum absolute atomic E-state index is 12.9. The lowest BCUT2D eigenvalue weighted by molar-refractivity contribution is 0.0518. The fraction of sp³-hybridized carbons (Fsp3) is 0.184. The average Bonchev–Trinajstić information content (AvgIpc) is 3.31. The van der Waals surface area contributed by atoms with Crippen molar-refractivity contribution in [3.8, 4) is 0 Å². The van der Waals surface area contributed by atoms with Crippen molar-refractivity contribution in [1.29, 1.82) is 0 Å². The minimum atomic E-state index is -1.36. The molecule has 6 rings (SSSR count). The van der Waals surface area contributed by atoms with Crippen molar-refractivity contribution < 1.29 is 5.11 Å². The van der Waals surface area contributed by atoms with Gasteiger partial charge in [0, 0.05) is 14.1 Å². The summed E-state index contributed by atoms with van der Waals surface area (Å²) in [6.45, 7) is 0. The van der Waals surface area contributed by atoms with E-state index in [4.69, 9.17) is 4.99 Å². The Morgan fingerprint density at radius 1 is 0.571 bits per heavy atom. The van der Waals surface area contributed by atoms with Crippen molar-refractivity contribution in [3.63, 3.8) is 0 Å². The van der Waals surface area contributed by atoms with Crippen LogP contribution in [0.4, 0.5) is 0 Å². The number of benzene rings is 5. The van der Waals surface area contributed by atoms with Crippen LogP contribution < -0.4 is 0 Å². The SMILES string of the molecule is CN1C(=N[C@H](Cc2ccccc2)C(O)(c2ccccc2)c2ccccc2)N(C)[C@@H](c2ccccc2)[C@@H]1c1ccccc1. The van der Waals surface area contributed by atoms with Crippen LogP contribution in [0.25, 0.3) is 0 Å². The molecule has 1 N–H and O–H groups in total. The number of aliphatic hydroxyl groups is 1. The number of hydrogen-bond acceptors (Lipinski definition) is 2. The second kappa shape index (κ2) is 12.1. The van der Waals surface area contributed by atoms with Gasteiger partial charge in [-0.15, -0.1) is 0 Å². The summed E-state index contributed by atoms with van der Waals surface area (Å²) in [6, 6.07) is 51.2. The molecule has 1 heterocycles. The predicted molar refractivity (Wildman–Crippen MR) is 171 cm³/mol. The Kier molecular flexibility index (Phi) is 7.89. The molecule has 0 bridgehead atoms. The van der Waals surface area contributed by atoms with E-state index < -0.39 is 11.6 Å². The Hall–Kier alpha value is -4.67. The Balaban J connectivity index is 1.53. The van der Waals surface area contributed by atoms with Gasteiger partial charge in [0.1, 0.15) is 5.60 Å². The summed E-state index contributed by atoms with van der Waals surface area (Å²) >= 11 is 0. The lowest BCUT2D eigenvalue weighted by Crippen LogP contribution is -2.43. The Labute approximate surface area is 249 Å². The van der Waals surface area contributed by atoms with Crippen LogP contribution in [0.15, 0.2) is 157 Å². The molecule has 42 heavy (non-hydrogen) atoms. The summed E-state index contributed by atoms with van der Waals surface area (Å²) < 4.78 is 0. The Bertz CT molecular complexity index is 1500. The monoisotopic (exact) mass is 551 g/mol. The molecule has 0 amide bonds. The second-order valence-corrected chi connectivity index (χ2v) is 11.1. The molecule has 1 saturated heterocycles. The van der Waals surface area contributed by atoms with Crippen LogP contribution in [0.3, 0.4) is 0 Å². The third-order valence-electron chi connectivity index (χ3n) is 8.50. The molecule has 0 saturated carbocycles. The lowest BCUT2D eigenvalue weighted by atomic mass is 9.78. The van der Waals surface area contributed by atoms with Crippen molar-refractivity contribution in [2.24, 2.45) is 4.99 Å². The van der Waals surface area contributed by atoms with E-state index in [0.29, 0.717) is 6.42 Å². The molecular weight excluding hydrogens is 514 g/mol. The third kappa shape index (κ3) is 5.22. The largest absolute Gasteiger partial charge is 0.378 e. The Morgan fingerprint density at radius 3 is 1.33 bits per heavy atom. The van der Waals surface area contributed by atoms with E-state index in [1.165, 1.54) is 11.1 Å². The molecule has 0 unspecified atom stereocenters. The van der Waals surface area contributed by atoms with Crippen LogP contribution in [-0.2, 0) is 12.0 Å². The fourth-order valence-corrected chi connectivity index (χ4v) is 6.42. The van der Waals surface area contributed by atoms with Gasteiger partial charge in [-0.2, -0.15) is 0 Å². The molecule has 1 aliphatic rings. The minimum absolute atomic E-state index is 0.0521. The molecule has 5 aromatic carbocycles. The summed E-state index contributed by atoms with van der Waals surface area (Å²) in [6.07, 6.45) is 0.568. The second-order valence-electron chi connectivity index (χ2n) is 11.1. The highest BCUT2D eigenvalue weighted by atomic mass is 16.3. The molecule has 1 aliphatic heterocycles. The summed E-state index contributed by atoms with van der Waals surface area (Å²) in [5.41, 5.74) is 3.87. The first-order chi connectivity index (χ1) is 20.6. The van der Waals surface area contributed by atoms with Gasteiger partial charge >= 0.3 is 0 Å². The molecular formula is C38H37N3O. The first kappa shape index (κ1) is 27.5. The third-order valence-corrected chi connectivity index (χ3v) is 8.50. The van der Waals surface area contributed by atoms with Crippen molar-refractivity contribution in [3.05, 3.63) is 179 Å². The highest BCUT2D eigenvalue weighted by molar-refractivity contribution is 5.84. The van der Waals surface area contributed by atoms with E-state index in [-0.39, 0.29) is 12.1 Å². The maximum atomic E-state index is 12.9. The zero-order valence-electron chi connectivity index (χ0n) is 24.2. The number of hydrogen-bond donors (Lipinski definition) is 1. The summed E-state index contributed by atoms with van der Waals surface area (Å²) in [5, 5.41) is 12.9.